The van der Waals surface area contributed by atoms with Gasteiger partial charge in [0.2, 0.25) is 0 Å². The minimum Gasteiger partial charge on any atom is -0.352 e. The molecule has 3 aromatic heterocycles. The molecule has 10 heteroatoms. The van der Waals surface area contributed by atoms with Gasteiger partial charge in [-0.1, -0.05) is 12.1 Å². The van der Waals surface area contributed by atoms with Crippen LogP contribution in [0, 0.1) is 11.6 Å². The molecule has 0 spiro atoms. The molecule has 1 saturated heterocycles. The Bertz CT molecular complexity index is 1480. The Morgan fingerprint density at radius 3 is 2.64 bits per heavy atom. The van der Waals surface area contributed by atoms with E-state index in [4.69, 9.17) is 4.98 Å². The van der Waals surface area contributed by atoms with E-state index in [0.717, 1.165) is 86.7 Å². The van der Waals surface area contributed by atoms with E-state index in [1.165, 1.54) is 12.1 Å². The number of aromatic nitrogens is 4. The topological polar surface area (TPSA) is 79.2 Å². The van der Waals surface area contributed by atoms with Crippen molar-refractivity contribution in [2.75, 3.05) is 37.6 Å². The molecule has 4 aromatic rings. The summed E-state index contributed by atoms with van der Waals surface area (Å²) in [6.45, 7) is 5.27. The van der Waals surface area contributed by atoms with Crippen molar-refractivity contribution >= 4 is 22.8 Å². The first-order chi connectivity index (χ1) is 19.1. The molecule has 2 aliphatic heterocycles. The zero-order valence-corrected chi connectivity index (χ0v) is 21.7. The predicted molar refractivity (Wildman–Crippen MR) is 145 cm³/mol. The number of halogens is 2. The fourth-order valence-electron chi connectivity index (χ4n) is 5.69. The van der Waals surface area contributed by atoms with Gasteiger partial charge in [-0.15, -0.1) is 0 Å². The van der Waals surface area contributed by atoms with E-state index in [1.807, 2.05) is 12.1 Å². The average Bonchev–Trinajstić information content (AvgIpc) is 3.32. The Balaban J connectivity index is 1.20. The fraction of sp³-hybridized carbons (Fsp3) is 0.379. The van der Waals surface area contributed by atoms with Crippen LogP contribution in [-0.4, -0.2) is 63.0 Å². The Hall–Kier alpha value is -3.92. The maximum atomic E-state index is 13.6. The van der Waals surface area contributed by atoms with Gasteiger partial charge < -0.3 is 14.8 Å². The molecular formula is C29H31F2N7O. The van der Waals surface area contributed by atoms with Crippen molar-refractivity contribution in [1.82, 2.24) is 29.7 Å². The summed E-state index contributed by atoms with van der Waals surface area (Å²) < 4.78 is 29.1. The van der Waals surface area contributed by atoms with E-state index in [0.29, 0.717) is 24.0 Å². The molecule has 1 amide bonds. The number of carbonyl (C=O) groups excluding carboxylic acids is 1. The molecule has 1 N–H and O–H groups in total. The number of amides is 1. The predicted octanol–water partition coefficient (Wildman–Crippen LogP) is 3.74. The van der Waals surface area contributed by atoms with Crippen molar-refractivity contribution < 1.29 is 13.6 Å². The molecule has 0 radical (unpaired) electrons. The zero-order chi connectivity index (χ0) is 26.8. The van der Waals surface area contributed by atoms with Crippen LogP contribution in [0.15, 0.2) is 49.1 Å². The van der Waals surface area contributed by atoms with Gasteiger partial charge in [-0.05, 0) is 55.0 Å². The van der Waals surface area contributed by atoms with Crippen molar-refractivity contribution in [3.8, 4) is 0 Å². The quantitative estimate of drug-likeness (QED) is 0.392. The molecule has 2 aliphatic rings. The summed E-state index contributed by atoms with van der Waals surface area (Å²) in [4.78, 5) is 31.5. The lowest BCUT2D eigenvalue weighted by Crippen LogP contribution is -2.47. The smallest absolute Gasteiger partial charge is 0.255 e. The number of pyridine rings is 1. The number of nitrogens with zero attached hydrogens (tertiary/aromatic N) is 6. The van der Waals surface area contributed by atoms with E-state index in [1.54, 1.807) is 24.8 Å². The molecular weight excluding hydrogens is 500 g/mol. The minimum absolute atomic E-state index is 0.119. The van der Waals surface area contributed by atoms with Gasteiger partial charge in [0.15, 0.2) is 17.5 Å². The highest BCUT2D eigenvalue weighted by atomic mass is 19.2. The third-order valence-corrected chi connectivity index (χ3v) is 7.74. The summed E-state index contributed by atoms with van der Waals surface area (Å²) in [6, 6.07) is 7.92. The lowest BCUT2D eigenvalue weighted by molar-refractivity contribution is 0.0951. The zero-order valence-electron chi connectivity index (χ0n) is 21.7. The van der Waals surface area contributed by atoms with E-state index in [2.05, 4.69) is 29.7 Å². The van der Waals surface area contributed by atoms with Crippen LogP contribution in [0.2, 0.25) is 0 Å². The molecule has 0 aliphatic carbocycles. The van der Waals surface area contributed by atoms with Gasteiger partial charge in [0.05, 0.1) is 5.56 Å². The molecule has 8 nitrogen and oxygen atoms in total. The number of fused-ring (bicyclic) bond motifs is 3. The Labute approximate surface area is 225 Å². The van der Waals surface area contributed by atoms with Crippen molar-refractivity contribution in [2.45, 2.75) is 38.8 Å². The maximum absolute atomic E-state index is 13.6. The van der Waals surface area contributed by atoms with Crippen molar-refractivity contribution in [3.05, 3.63) is 83.1 Å². The van der Waals surface area contributed by atoms with E-state index >= 15 is 0 Å². The van der Waals surface area contributed by atoms with Gasteiger partial charge in [-0.25, -0.2) is 18.7 Å². The van der Waals surface area contributed by atoms with E-state index < -0.39 is 11.6 Å². The minimum atomic E-state index is -0.815. The molecule has 5 heterocycles. The van der Waals surface area contributed by atoms with Gasteiger partial charge in [0.1, 0.15) is 17.4 Å². The normalized spacial score (nSPS) is 15.9. The number of hydrogen-bond acceptors (Lipinski definition) is 6. The summed E-state index contributed by atoms with van der Waals surface area (Å²) >= 11 is 0. The van der Waals surface area contributed by atoms with Crippen LogP contribution in [0.25, 0.3) is 11.0 Å². The van der Waals surface area contributed by atoms with Crippen LogP contribution in [-0.2, 0) is 25.9 Å². The number of rotatable bonds is 7. The summed E-state index contributed by atoms with van der Waals surface area (Å²) in [5.74, 6) is -0.864. The molecule has 202 valence electrons. The highest BCUT2D eigenvalue weighted by molar-refractivity contribution is 6.09. The first-order valence-corrected chi connectivity index (χ1v) is 13.5. The molecule has 1 fully saturated rings. The van der Waals surface area contributed by atoms with Gasteiger partial charge in [0.25, 0.3) is 5.91 Å². The Morgan fingerprint density at radius 1 is 0.974 bits per heavy atom. The summed E-state index contributed by atoms with van der Waals surface area (Å²) in [5, 5.41) is 3.07. The molecule has 39 heavy (non-hydrogen) atoms. The van der Waals surface area contributed by atoms with Crippen LogP contribution in [0.3, 0.4) is 0 Å². The number of anilines is 1. The molecule has 1 aromatic carbocycles. The highest BCUT2D eigenvalue weighted by Gasteiger charge is 2.29. The fourth-order valence-corrected chi connectivity index (χ4v) is 5.69. The highest BCUT2D eigenvalue weighted by Crippen LogP contribution is 2.34. The Kier molecular flexibility index (Phi) is 7.19. The number of carbonyl (C=O) groups is 1. The third kappa shape index (κ3) is 5.21. The largest absolute Gasteiger partial charge is 0.352 e. The standard InChI is InChI=1S/C29H31F2N7O/c30-22-7-6-20(16-23(22)31)8-11-36-12-14-37(15-13-36)28-27-26(34-19-35-28)25(24-5-1-2-10-38(24)27)29(39)33-18-21-4-3-9-32-17-21/h3-4,6-7,9,16-17,19H,1-2,5,8,10-15,18H2,(H,33,39). The first-order valence-electron chi connectivity index (χ1n) is 13.5. The van der Waals surface area contributed by atoms with Gasteiger partial charge in [-0.3, -0.25) is 14.7 Å². The van der Waals surface area contributed by atoms with Gasteiger partial charge in [-0.2, -0.15) is 0 Å². The second-order valence-electron chi connectivity index (χ2n) is 10.2. The third-order valence-electron chi connectivity index (χ3n) is 7.74. The van der Waals surface area contributed by atoms with Crippen LogP contribution in [0.5, 0.6) is 0 Å². The average molecular weight is 532 g/mol. The van der Waals surface area contributed by atoms with Crippen LogP contribution in [0.4, 0.5) is 14.6 Å². The van der Waals surface area contributed by atoms with Crippen molar-refractivity contribution in [2.24, 2.45) is 0 Å². The first kappa shape index (κ1) is 25.4. The second-order valence-corrected chi connectivity index (χ2v) is 10.2. The number of piperazine rings is 1. The maximum Gasteiger partial charge on any atom is 0.255 e. The SMILES string of the molecule is O=C(NCc1cccnc1)c1c2n(c3c(N4CCN(CCc5ccc(F)c(F)c5)CC4)ncnc13)CCCC2. The molecule has 0 unspecified atom stereocenters. The Morgan fingerprint density at radius 2 is 1.85 bits per heavy atom. The monoisotopic (exact) mass is 531 g/mol. The summed E-state index contributed by atoms with van der Waals surface area (Å²) in [6.07, 6.45) is 8.64. The lowest BCUT2D eigenvalue weighted by Gasteiger charge is -2.35. The second kappa shape index (κ2) is 11.1. The van der Waals surface area contributed by atoms with Crippen molar-refractivity contribution in [1.29, 1.82) is 0 Å². The van der Waals surface area contributed by atoms with Crippen LogP contribution >= 0.6 is 0 Å². The molecule has 0 bridgehead atoms. The van der Waals surface area contributed by atoms with E-state index in [9.17, 15) is 13.6 Å². The van der Waals surface area contributed by atoms with Crippen molar-refractivity contribution in [3.63, 3.8) is 0 Å². The number of benzene rings is 1. The lowest BCUT2D eigenvalue weighted by atomic mass is 10.1. The van der Waals surface area contributed by atoms with Crippen LogP contribution in [0.1, 0.15) is 40.0 Å². The van der Waals surface area contributed by atoms with E-state index in [-0.39, 0.29) is 5.91 Å². The summed E-state index contributed by atoms with van der Waals surface area (Å²) in [5.41, 5.74) is 5.08. The molecule has 0 atom stereocenters. The van der Waals surface area contributed by atoms with Gasteiger partial charge in [0, 0.05) is 63.9 Å². The number of nitrogens with one attached hydrogen (secondary N) is 1. The number of aryl methyl sites for hydroxylation is 1. The van der Waals surface area contributed by atoms with Crippen LogP contribution < -0.4 is 10.2 Å². The van der Waals surface area contributed by atoms with Gasteiger partial charge >= 0.3 is 0 Å². The summed E-state index contributed by atoms with van der Waals surface area (Å²) in [7, 11) is 0. The molecule has 0 saturated carbocycles. The number of hydrogen-bond donors (Lipinski definition) is 1. The molecule has 6 rings (SSSR count).